The van der Waals surface area contributed by atoms with Crippen molar-refractivity contribution in [2.45, 2.75) is 13.5 Å². The van der Waals surface area contributed by atoms with Crippen LogP contribution in [-0.2, 0) is 6.54 Å². The van der Waals surface area contributed by atoms with E-state index in [1.807, 2.05) is 6.92 Å². The molecule has 0 amide bonds. The first-order valence-corrected chi connectivity index (χ1v) is 5.87. The van der Waals surface area contributed by atoms with E-state index in [9.17, 15) is 4.79 Å². The lowest BCUT2D eigenvalue weighted by atomic mass is 10.1. The minimum absolute atomic E-state index is 0.221. The summed E-state index contributed by atoms with van der Waals surface area (Å²) in [6.45, 7) is 2.46. The Morgan fingerprint density at radius 3 is 2.42 bits per heavy atom. The smallest absolute Gasteiger partial charge is 0.220 e. The van der Waals surface area contributed by atoms with Gasteiger partial charge in [0.05, 0.1) is 20.4 Å². The summed E-state index contributed by atoms with van der Waals surface area (Å²) in [6, 6.07) is 5.20. The van der Waals surface area contributed by atoms with E-state index in [2.05, 4.69) is 10.3 Å². The number of benzene rings is 1. The third-order valence-corrected chi connectivity index (χ3v) is 2.80. The molecule has 1 aromatic heterocycles. The molecule has 19 heavy (non-hydrogen) atoms. The highest BCUT2D eigenvalue weighted by molar-refractivity contribution is 6.11. The van der Waals surface area contributed by atoms with Crippen LogP contribution in [0.25, 0.3) is 0 Å². The van der Waals surface area contributed by atoms with Crippen molar-refractivity contribution in [1.82, 2.24) is 15.0 Å². The van der Waals surface area contributed by atoms with Crippen LogP contribution in [0.15, 0.2) is 24.4 Å². The van der Waals surface area contributed by atoms with E-state index in [1.54, 1.807) is 18.2 Å². The number of carbonyl (C=O) groups excluding carboxylic acids is 1. The molecular weight excluding hydrogens is 246 g/mol. The van der Waals surface area contributed by atoms with Gasteiger partial charge in [-0.2, -0.15) is 0 Å². The van der Waals surface area contributed by atoms with Gasteiger partial charge in [-0.1, -0.05) is 11.3 Å². The monoisotopic (exact) mass is 261 g/mol. The fraction of sp³-hybridized carbons (Fsp3) is 0.308. The maximum atomic E-state index is 12.6. The highest BCUT2D eigenvalue weighted by Gasteiger charge is 2.22. The summed E-state index contributed by atoms with van der Waals surface area (Å²) in [5, 5.41) is 7.62. The molecule has 100 valence electrons. The molecular formula is C13H15N3O3. The first-order valence-electron chi connectivity index (χ1n) is 5.87. The van der Waals surface area contributed by atoms with Gasteiger partial charge in [0.15, 0.2) is 0 Å². The van der Waals surface area contributed by atoms with Crippen LogP contribution in [0.5, 0.6) is 11.5 Å². The summed E-state index contributed by atoms with van der Waals surface area (Å²) in [6.07, 6.45) is 1.44. The Kier molecular flexibility index (Phi) is 3.79. The van der Waals surface area contributed by atoms with Crippen molar-refractivity contribution in [3.05, 3.63) is 35.7 Å². The average molecular weight is 261 g/mol. The van der Waals surface area contributed by atoms with Gasteiger partial charge in [0, 0.05) is 6.54 Å². The zero-order valence-corrected chi connectivity index (χ0v) is 11.1. The van der Waals surface area contributed by atoms with Gasteiger partial charge in [-0.05, 0) is 19.1 Å². The lowest BCUT2D eigenvalue weighted by Crippen LogP contribution is -2.12. The molecule has 0 unspecified atom stereocenters. The van der Waals surface area contributed by atoms with Crippen LogP contribution >= 0.6 is 0 Å². The number of aromatic nitrogens is 3. The molecule has 0 spiro atoms. The summed E-state index contributed by atoms with van der Waals surface area (Å²) in [5.74, 6) is 0.711. The van der Waals surface area contributed by atoms with Gasteiger partial charge in [-0.15, -0.1) is 5.10 Å². The SMILES string of the molecule is CCn1nncc1C(=O)c1c(OC)cccc1OC. The zero-order chi connectivity index (χ0) is 13.8. The van der Waals surface area contributed by atoms with Crippen molar-refractivity contribution in [3.63, 3.8) is 0 Å². The quantitative estimate of drug-likeness (QED) is 0.764. The van der Waals surface area contributed by atoms with Crippen LogP contribution in [0.1, 0.15) is 23.0 Å². The van der Waals surface area contributed by atoms with Crippen molar-refractivity contribution < 1.29 is 14.3 Å². The first-order chi connectivity index (χ1) is 9.22. The number of hydrogen-bond donors (Lipinski definition) is 0. The molecule has 1 heterocycles. The lowest BCUT2D eigenvalue weighted by Gasteiger charge is -2.12. The van der Waals surface area contributed by atoms with E-state index >= 15 is 0 Å². The lowest BCUT2D eigenvalue weighted by molar-refractivity contribution is 0.102. The van der Waals surface area contributed by atoms with Gasteiger partial charge in [0.2, 0.25) is 5.78 Å². The molecule has 0 bridgehead atoms. The second-order valence-electron chi connectivity index (χ2n) is 3.80. The second-order valence-corrected chi connectivity index (χ2v) is 3.80. The molecule has 0 fully saturated rings. The summed E-state index contributed by atoms with van der Waals surface area (Å²) in [7, 11) is 3.03. The van der Waals surface area contributed by atoms with Crippen molar-refractivity contribution in [2.24, 2.45) is 0 Å². The van der Waals surface area contributed by atoms with Gasteiger partial charge < -0.3 is 9.47 Å². The van der Waals surface area contributed by atoms with Gasteiger partial charge in [0.25, 0.3) is 0 Å². The van der Waals surface area contributed by atoms with Gasteiger partial charge >= 0.3 is 0 Å². The van der Waals surface area contributed by atoms with Crippen LogP contribution in [0.2, 0.25) is 0 Å². The molecule has 2 aromatic rings. The van der Waals surface area contributed by atoms with E-state index in [0.29, 0.717) is 29.3 Å². The van der Waals surface area contributed by atoms with E-state index in [4.69, 9.17) is 9.47 Å². The largest absolute Gasteiger partial charge is 0.496 e. The molecule has 0 radical (unpaired) electrons. The van der Waals surface area contributed by atoms with Crippen LogP contribution in [0.3, 0.4) is 0 Å². The fourth-order valence-corrected chi connectivity index (χ4v) is 1.87. The Morgan fingerprint density at radius 2 is 1.89 bits per heavy atom. The molecule has 6 nitrogen and oxygen atoms in total. The van der Waals surface area contributed by atoms with Crippen LogP contribution in [0, 0.1) is 0 Å². The van der Waals surface area contributed by atoms with E-state index in [1.165, 1.54) is 25.1 Å². The minimum Gasteiger partial charge on any atom is -0.496 e. The van der Waals surface area contributed by atoms with Crippen molar-refractivity contribution in [1.29, 1.82) is 0 Å². The molecule has 1 aromatic carbocycles. The Balaban J connectivity index is 2.55. The van der Waals surface area contributed by atoms with Crippen LogP contribution in [0.4, 0.5) is 0 Å². The molecule has 0 saturated heterocycles. The van der Waals surface area contributed by atoms with Crippen molar-refractivity contribution >= 4 is 5.78 Å². The molecule has 0 aliphatic heterocycles. The number of aryl methyl sites for hydroxylation is 1. The summed E-state index contributed by atoms with van der Waals surface area (Å²) in [4.78, 5) is 12.6. The van der Waals surface area contributed by atoms with Crippen LogP contribution in [-0.4, -0.2) is 35.0 Å². The molecule has 0 aliphatic rings. The zero-order valence-electron chi connectivity index (χ0n) is 11.1. The number of carbonyl (C=O) groups is 1. The summed E-state index contributed by atoms with van der Waals surface area (Å²) >= 11 is 0. The molecule has 0 N–H and O–H groups in total. The molecule has 0 saturated carbocycles. The first kappa shape index (κ1) is 13.1. The van der Waals surface area contributed by atoms with Crippen molar-refractivity contribution in [3.8, 4) is 11.5 Å². The molecule has 6 heteroatoms. The van der Waals surface area contributed by atoms with E-state index in [-0.39, 0.29) is 5.78 Å². The average Bonchev–Trinajstić information content (AvgIpc) is 2.93. The Bertz CT molecular complexity index is 570. The highest BCUT2D eigenvalue weighted by atomic mass is 16.5. The number of methoxy groups -OCH3 is 2. The number of rotatable bonds is 5. The van der Waals surface area contributed by atoms with Crippen molar-refractivity contribution in [2.75, 3.05) is 14.2 Å². The predicted octanol–water partition coefficient (Wildman–Crippen LogP) is 1.55. The minimum atomic E-state index is -0.221. The predicted molar refractivity (Wildman–Crippen MR) is 68.7 cm³/mol. The standard InChI is InChI=1S/C13H15N3O3/c1-4-16-9(8-14-15-16)13(17)12-10(18-2)6-5-7-11(12)19-3/h5-8H,4H2,1-3H3. The second kappa shape index (κ2) is 5.51. The fourth-order valence-electron chi connectivity index (χ4n) is 1.87. The van der Waals surface area contributed by atoms with Gasteiger partial charge in [0.1, 0.15) is 22.8 Å². The molecule has 0 atom stereocenters. The third kappa shape index (κ3) is 2.29. The van der Waals surface area contributed by atoms with Gasteiger partial charge in [-0.3, -0.25) is 4.79 Å². The molecule has 2 rings (SSSR count). The van der Waals surface area contributed by atoms with E-state index in [0.717, 1.165) is 0 Å². The Labute approximate surface area is 110 Å². The maximum absolute atomic E-state index is 12.6. The highest BCUT2D eigenvalue weighted by Crippen LogP contribution is 2.30. The maximum Gasteiger partial charge on any atom is 0.220 e. The summed E-state index contributed by atoms with van der Waals surface area (Å²) in [5.41, 5.74) is 0.787. The van der Waals surface area contributed by atoms with E-state index < -0.39 is 0 Å². The number of hydrogen-bond acceptors (Lipinski definition) is 5. The Hall–Kier alpha value is -2.37. The number of ether oxygens (including phenoxy) is 2. The summed E-state index contributed by atoms with van der Waals surface area (Å²) < 4.78 is 12.0. The molecule has 0 aliphatic carbocycles. The number of ketones is 1. The number of nitrogens with zero attached hydrogens (tertiary/aromatic N) is 3. The Morgan fingerprint density at radius 1 is 1.26 bits per heavy atom. The van der Waals surface area contributed by atoms with Gasteiger partial charge in [-0.25, -0.2) is 4.68 Å². The van der Waals surface area contributed by atoms with Crippen LogP contribution < -0.4 is 9.47 Å². The normalized spacial score (nSPS) is 10.3. The third-order valence-electron chi connectivity index (χ3n) is 2.80. The topological polar surface area (TPSA) is 66.2 Å².